The average molecular weight is 208 g/mol. The first-order valence-electron chi connectivity index (χ1n) is 3.01. The molecule has 0 amide bonds. The number of terminal acetylenes is 1. The van der Waals surface area contributed by atoms with Gasteiger partial charge in [0.05, 0.1) is 5.25 Å². The minimum absolute atomic E-state index is 0.304. The summed E-state index contributed by atoms with van der Waals surface area (Å²) in [7, 11) is 1.67. The minimum atomic E-state index is -1.20. The molecule has 0 bridgehead atoms. The molecule has 0 aromatic heterocycles. The SMILES string of the molecule is C#CC1CCCS(=S)(=S)S1. The van der Waals surface area contributed by atoms with Crippen LogP contribution in [-0.4, -0.2) is 11.0 Å². The molecule has 1 fully saturated rings. The minimum Gasteiger partial charge on any atom is -0.119 e. The van der Waals surface area contributed by atoms with E-state index in [0.29, 0.717) is 5.25 Å². The van der Waals surface area contributed by atoms with Gasteiger partial charge in [-0.15, -0.1) is 6.42 Å². The third-order valence-corrected chi connectivity index (χ3v) is 7.49. The third-order valence-electron chi connectivity index (χ3n) is 1.31. The molecule has 0 radical (unpaired) electrons. The van der Waals surface area contributed by atoms with E-state index in [-0.39, 0.29) is 0 Å². The van der Waals surface area contributed by atoms with E-state index in [1.165, 1.54) is 0 Å². The van der Waals surface area contributed by atoms with Crippen LogP contribution < -0.4 is 0 Å². The van der Waals surface area contributed by atoms with Gasteiger partial charge in [0, 0.05) is 5.75 Å². The van der Waals surface area contributed by atoms with Gasteiger partial charge in [0.2, 0.25) is 0 Å². The normalized spacial score (nSPS) is 30.9. The van der Waals surface area contributed by atoms with E-state index in [1.54, 1.807) is 10.8 Å². The summed E-state index contributed by atoms with van der Waals surface area (Å²) in [5.74, 6) is 3.74. The molecule has 1 unspecified atom stereocenters. The van der Waals surface area contributed by atoms with Crippen LogP contribution in [-0.2, 0) is 28.6 Å². The van der Waals surface area contributed by atoms with Gasteiger partial charge in [-0.2, -0.15) is 0 Å². The lowest BCUT2D eigenvalue weighted by Crippen LogP contribution is -2.13. The van der Waals surface area contributed by atoms with Crippen LogP contribution in [0.4, 0.5) is 0 Å². The van der Waals surface area contributed by atoms with Crippen LogP contribution in [0.25, 0.3) is 0 Å². The highest BCUT2D eigenvalue weighted by Gasteiger charge is 2.17. The Morgan fingerprint density at radius 3 is 2.70 bits per heavy atom. The molecule has 4 heteroatoms. The van der Waals surface area contributed by atoms with Crippen molar-refractivity contribution >= 4 is 39.3 Å². The first-order valence-corrected chi connectivity index (χ1v) is 8.06. The van der Waals surface area contributed by atoms with Crippen LogP contribution in [0.2, 0.25) is 0 Å². The second kappa shape index (κ2) is 3.40. The van der Waals surface area contributed by atoms with Gasteiger partial charge in [-0.05, 0) is 41.4 Å². The predicted molar refractivity (Wildman–Crippen MR) is 56.4 cm³/mol. The fourth-order valence-corrected chi connectivity index (χ4v) is 6.69. The second-order valence-electron chi connectivity index (χ2n) is 2.16. The maximum atomic E-state index is 5.27. The number of hydrogen-bond acceptors (Lipinski definition) is 3. The van der Waals surface area contributed by atoms with E-state index >= 15 is 0 Å². The van der Waals surface area contributed by atoms with Crippen molar-refractivity contribution in [3.05, 3.63) is 0 Å². The van der Waals surface area contributed by atoms with Crippen LogP contribution >= 0.6 is 10.8 Å². The quantitative estimate of drug-likeness (QED) is 0.437. The largest absolute Gasteiger partial charge is 0.119 e. The van der Waals surface area contributed by atoms with Crippen molar-refractivity contribution < 1.29 is 0 Å². The zero-order valence-corrected chi connectivity index (χ0v) is 8.68. The zero-order chi connectivity index (χ0) is 7.61. The lowest BCUT2D eigenvalue weighted by molar-refractivity contribution is 0.846. The molecule has 1 aliphatic rings. The maximum absolute atomic E-state index is 5.27. The lowest BCUT2D eigenvalue weighted by atomic mass is 10.2. The monoisotopic (exact) mass is 208 g/mol. The predicted octanol–water partition coefficient (Wildman–Crippen LogP) is 1.51. The first kappa shape index (κ1) is 8.79. The van der Waals surface area contributed by atoms with Gasteiger partial charge in [0.25, 0.3) is 0 Å². The van der Waals surface area contributed by atoms with Gasteiger partial charge in [-0.25, -0.2) is 0 Å². The Morgan fingerprint density at radius 2 is 2.30 bits per heavy atom. The summed E-state index contributed by atoms with van der Waals surface area (Å²) in [4.78, 5) is 0. The summed E-state index contributed by atoms with van der Waals surface area (Å²) in [5, 5.41) is 0.304. The van der Waals surface area contributed by atoms with Gasteiger partial charge < -0.3 is 0 Å². The van der Waals surface area contributed by atoms with E-state index in [9.17, 15) is 0 Å². The van der Waals surface area contributed by atoms with Crippen LogP contribution in [0, 0.1) is 12.3 Å². The molecule has 56 valence electrons. The Hall–Kier alpha value is 0.700. The van der Waals surface area contributed by atoms with Crippen molar-refractivity contribution in [2.24, 2.45) is 0 Å². The molecule has 1 rings (SSSR count). The molecule has 0 aliphatic carbocycles. The summed E-state index contributed by atoms with van der Waals surface area (Å²) in [6, 6.07) is 0. The van der Waals surface area contributed by atoms with Crippen LogP contribution in [0.1, 0.15) is 12.8 Å². The molecular formula is C6H8S4. The highest BCUT2D eigenvalue weighted by Crippen LogP contribution is 2.30. The maximum Gasteiger partial charge on any atom is 0.0763 e. The molecule has 0 saturated carbocycles. The Morgan fingerprint density at radius 1 is 1.60 bits per heavy atom. The summed E-state index contributed by atoms with van der Waals surface area (Å²) < 4.78 is 0. The molecule has 0 aromatic rings. The van der Waals surface area contributed by atoms with E-state index in [2.05, 4.69) is 5.92 Å². The van der Waals surface area contributed by atoms with Gasteiger partial charge in [0.15, 0.2) is 0 Å². The van der Waals surface area contributed by atoms with Crippen molar-refractivity contribution in [3.8, 4) is 12.3 Å². The Bertz CT molecular complexity index is 243. The van der Waals surface area contributed by atoms with E-state index < -0.39 is 6.18 Å². The lowest BCUT2D eigenvalue weighted by Gasteiger charge is -2.20. The molecule has 1 aliphatic heterocycles. The second-order valence-corrected chi connectivity index (χ2v) is 12.0. The van der Waals surface area contributed by atoms with Crippen molar-refractivity contribution in [1.29, 1.82) is 0 Å². The van der Waals surface area contributed by atoms with Crippen molar-refractivity contribution in [1.82, 2.24) is 0 Å². The van der Waals surface area contributed by atoms with Gasteiger partial charge in [-0.3, -0.25) is 0 Å². The molecule has 1 atom stereocenters. The van der Waals surface area contributed by atoms with E-state index in [0.717, 1.165) is 18.6 Å². The van der Waals surface area contributed by atoms with E-state index in [4.69, 9.17) is 28.8 Å². The first-order chi connectivity index (χ1) is 4.64. The molecule has 0 nitrogen and oxygen atoms in total. The fraction of sp³-hybridized carbons (Fsp3) is 0.667. The van der Waals surface area contributed by atoms with Crippen LogP contribution in [0.3, 0.4) is 0 Å². The van der Waals surface area contributed by atoms with Crippen molar-refractivity contribution in [2.45, 2.75) is 18.1 Å². The summed E-state index contributed by atoms with van der Waals surface area (Å²) in [5.41, 5.74) is 0. The standard InChI is InChI=1S/C6H8S4/c1-2-6-4-3-5-10(7,8)9-6/h1,6H,3-5H2. The Labute approximate surface area is 75.4 Å². The van der Waals surface area contributed by atoms with Gasteiger partial charge >= 0.3 is 0 Å². The molecule has 10 heavy (non-hydrogen) atoms. The molecule has 0 spiro atoms. The Balaban J connectivity index is 2.67. The molecule has 0 N–H and O–H groups in total. The van der Waals surface area contributed by atoms with Gasteiger partial charge in [-0.1, -0.05) is 16.7 Å². The molecule has 1 saturated heterocycles. The Kier molecular flexibility index (Phi) is 2.99. The van der Waals surface area contributed by atoms with Gasteiger partial charge in [0.1, 0.15) is 0 Å². The zero-order valence-electron chi connectivity index (χ0n) is 5.41. The number of hydrogen-bond donors (Lipinski definition) is 0. The summed E-state index contributed by atoms with van der Waals surface area (Å²) in [6.45, 7) is 0. The smallest absolute Gasteiger partial charge is 0.0763 e. The number of rotatable bonds is 0. The van der Waals surface area contributed by atoms with Crippen LogP contribution in [0.15, 0.2) is 0 Å². The van der Waals surface area contributed by atoms with Crippen molar-refractivity contribution in [2.75, 3.05) is 5.75 Å². The topological polar surface area (TPSA) is 0 Å². The van der Waals surface area contributed by atoms with Crippen LogP contribution in [0.5, 0.6) is 0 Å². The molecular weight excluding hydrogens is 200 g/mol. The molecule has 0 aromatic carbocycles. The third kappa shape index (κ3) is 2.39. The van der Waals surface area contributed by atoms with E-state index in [1.807, 2.05) is 0 Å². The molecule has 1 heterocycles. The highest BCUT2D eigenvalue weighted by molar-refractivity contribution is 8.98. The van der Waals surface area contributed by atoms with Crippen molar-refractivity contribution in [3.63, 3.8) is 0 Å². The fourth-order valence-electron chi connectivity index (χ4n) is 0.830. The summed E-state index contributed by atoms with van der Waals surface area (Å²) >= 11 is 10.4. The average Bonchev–Trinajstić information content (AvgIpc) is 1.86. The summed E-state index contributed by atoms with van der Waals surface area (Å²) in [6.07, 6.45) is 6.30. The highest BCUT2D eigenvalue weighted by atomic mass is 33.5.